The summed E-state index contributed by atoms with van der Waals surface area (Å²) in [6.45, 7) is 2.77. The SMILES string of the molecule is C[C@@H]1c2ccsc2CCN1C(=O)/C=C/c1ccc(F)c(Cl)c1. The van der Waals surface area contributed by atoms with E-state index in [1.54, 1.807) is 23.5 Å². The van der Waals surface area contributed by atoms with Gasteiger partial charge in [-0.2, -0.15) is 0 Å². The van der Waals surface area contributed by atoms with Crippen molar-refractivity contribution in [1.82, 2.24) is 4.90 Å². The number of nitrogens with zero attached hydrogens (tertiary/aromatic N) is 1. The van der Waals surface area contributed by atoms with Crippen LogP contribution in [0.1, 0.15) is 29.0 Å². The van der Waals surface area contributed by atoms with Crippen LogP contribution in [0, 0.1) is 5.82 Å². The van der Waals surface area contributed by atoms with Gasteiger partial charge in [-0.05, 0) is 54.1 Å². The predicted molar refractivity (Wildman–Crippen MR) is 88.6 cm³/mol. The summed E-state index contributed by atoms with van der Waals surface area (Å²) in [5, 5.41) is 2.13. The Balaban J connectivity index is 1.74. The molecule has 114 valence electrons. The smallest absolute Gasteiger partial charge is 0.247 e. The molecule has 0 fully saturated rings. The molecule has 1 atom stereocenters. The number of carbonyl (C=O) groups excluding carboxylic acids is 1. The molecule has 1 aromatic heterocycles. The summed E-state index contributed by atoms with van der Waals surface area (Å²) in [7, 11) is 0. The molecule has 0 N–H and O–H groups in total. The Bertz CT molecular complexity index is 740. The summed E-state index contributed by atoms with van der Waals surface area (Å²) >= 11 is 7.49. The topological polar surface area (TPSA) is 20.3 Å². The lowest BCUT2D eigenvalue weighted by Gasteiger charge is -2.32. The van der Waals surface area contributed by atoms with E-state index in [0.29, 0.717) is 5.56 Å². The molecular weight excluding hydrogens is 321 g/mol. The van der Waals surface area contributed by atoms with Gasteiger partial charge in [0.15, 0.2) is 0 Å². The highest BCUT2D eigenvalue weighted by molar-refractivity contribution is 7.10. The van der Waals surface area contributed by atoms with Gasteiger partial charge in [-0.15, -0.1) is 11.3 Å². The monoisotopic (exact) mass is 335 g/mol. The third-order valence-corrected chi connectivity index (χ3v) is 5.21. The van der Waals surface area contributed by atoms with E-state index in [0.717, 1.165) is 13.0 Å². The molecule has 5 heteroatoms. The summed E-state index contributed by atoms with van der Waals surface area (Å²) in [6.07, 6.45) is 4.10. The molecule has 3 rings (SSSR count). The van der Waals surface area contributed by atoms with Crippen molar-refractivity contribution in [2.75, 3.05) is 6.54 Å². The van der Waals surface area contributed by atoms with Gasteiger partial charge in [0, 0.05) is 17.5 Å². The summed E-state index contributed by atoms with van der Waals surface area (Å²) in [6, 6.07) is 6.59. The summed E-state index contributed by atoms with van der Waals surface area (Å²) in [5.74, 6) is -0.496. The first-order valence-corrected chi connectivity index (χ1v) is 8.32. The van der Waals surface area contributed by atoms with Crippen LogP contribution >= 0.6 is 22.9 Å². The minimum absolute atomic E-state index is 0.0372. The first-order chi connectivity index (χ1) is 10.6. The molecule has 2 heterocycles. The van der Waals surface area contributed by atoms with Crippen LogP contribution in [0.5, 0.6) is 0 Å². The highest BCUT2D eigenvalue weighted by atomic mass is 35.5. The number of halogens is 2. The van der Waals surface area contributed by atoms with Crippen molar-refractivity contribution in [3.8, 4) is 0 Å². The molecule has 0 bridgehead atoms. The lowest BCUT2D eigenvalue weighted by molar-refractivity contribution is -0.128. The second kappa shape index (κ2) is 6.23. The molecule has 0 aliphatic carbocycles. The van der Waals surface area contributed by atoms with Crippen LogP contribution in [0.15, 0.2) is 35.7 Å². The maximum Gasteiger partial charge on any atom is 0.247 e. The average molecular weight is 336 g/mol. The van der Waals surface area contributed by atoms with E-state index in [4.69, 9.17) is 11.6 Å². The highest BCUT2D eigenvalue weighted by Gasteiger charge is 2.26. The highest BCUT2D eigenvalue weighted by Crippen LogP contribution is 2.32. The standard InChI is InChI=1S/C17H15ClFNOS/c1-11-13-7-9-22-16(13)6-8-20(11)17(21)5-3-12-2-4-15(19)14(18)10-12/h2-5,7,9-11H,6,8H2,1H3/b5-3+/t11-/m1/s1. The van der Waals surface area contributed by atoms with Crippen molar-refractivity contribution in [3.63, 3.8) is 0 Å². The predicted octanol–water partition coefficient (Wildman–Crippen LogP) is 4.70. The second-order valence-electron chi connectivity index (χ2n) is 5.26. The molecule has 0 unspecified atom stereocenters. The van der Waals surface area contributed by atoms with Crippen LogP contribution < -0.4 is 0 Å². The van der Waals surface area contributed by atoms with Crippen LogP contribution in [0.2, 0.25) is 5.02 Å². The van der Waals surface area contributed by atoms with Gasteiger partial charge in [0.1, 0.15) is 5.82 Å². The van der Waals surface area contributed by atoms with Crippen LogP contribution in [0.25, 0.3) is 6.08 Å². The maximum absolute atomic E-state index is 13.1. The van der Waals surface area contributed by atoms with E-state index in [1.165, 1.54) is 28.6 Å². The van der Waals surface area contributed by atoms with Crippen LogP contribution in [0.4, 0.5) is 4.39 Å². The minimum Gasteiger partial charge on any atom is -0.332 e. The zero-order valence-corrected chi connectivity index (χ0v) is 13.6. The fourth-order valence-corrected chi connectivity index (χ4v) is 3.84. The first kappa shape index (κ1) is 15.3. The molecule has 0 saturated heterocycles. The maximum atomic E-state index is 13.1. The van der Waals surface area contributed by atoms with Gasteiger partial charge in [-0.1, -0.05) is 17.7 Å². The van der Waals surface area contributed by atoms with E-state index in [-0.39, 0.29) is 17.0 Å². The number of thiophene rings is 1. The number of rotatable bonds is 2. The van der Waals surface area contributed by atoms with Crippen molar-refractivity contribution >= 4 is 34.9 Å². The number of fused-ring (bicyclic) bond motifs is 1. The van der Waals surface area contributed by atoms with E-state index >= 15 is 0 Å². The van der Waals surface area contributed by atoms with Crippen LogP contribution in [0.3, 0.4) is 0 Å². The van der Waals surface area contributed by atoms with Gasteiger partial charge < -0.3 is 4.90 Å². The Morgan fingerprint density at radius 1 is 1.45 bits per heavy atom. The second-order valence-corrected chi connectivity index (χ2v) is 6.67. The van der Waals surface area contributed by atoms with Crippen LogP contribution in [-0.4, -0.2) is 17.4 Å². The van der Waals surface area contributed by atoms with E-state index < -0.39 is 5.82 Å². The van der Waals surface area contributed by atoms with Crippen LogP contribution in [-0.2, 0) is 11.2 Å². The van der Waals surface area contributed by atoms with E-state index in [2.05, 4.69) is 11.4 Å². The molecule has 1 aliphatic heterocycles. The van der Waals surface area contributed by atoms with Crippen molar-refractivity contribution < 1.29 is 9.18 Å². The van der Waals surface area contributed by atoms with Gasteiger partial charge in [0.2, 0.25) is 5.91 Å². The van der Waals surface area contributed by atoms with Crippen molar-refractivity contribution in [2.45, 2.75) is 19.4 Å². The van der Waals surface area contributed by atoms with Gasteiger partial charge >= 0.3 is 0 Å². The largest absolute Gasteiger partial charge is 0.332 e. The van der Waals surface area contributed by atoms with E-state index in [1.807, 2.05) is 11.8 Å². The molecular formula is C17H15ClFNOS. The Kier molecular flexibility index (Phi) is 4.32. The lowest BCUT2D eigenvalue weighted by atomic mass is 10.0. The Hall–Kier alpha value is -1.65. The first-order valence-electron chi connectivity index (χ1n) is 7.06. The normalized spacial score (nSPS) is 17.8. The molecule has 1 aliphatic rings. The lowest BCUT2D eigenvalue weighted by Crippen LogP contribution is -2.37. The molecule has 0 spiro atoms. The Morgan fingerprint density at radius 2 is 2.27 bits per heavy atom. The fraction of sp³-hybridized carbons (Fsp3) is 0.235. The molecule has 1 aromatic carbocycles. The van der Waals surface area contributed by atoms with Crippen molar-refractivity contribution in [2.24, 2.45) is 0 Å². The number of hydrogen-bond acceptors (Lipinski definition) is 2. The number of benzene rings is 1. The zero-order chi connectivity index (χ0) is 15.7. The average Bonchev–Trinajstić information content (AvgIpc) is 2.98. The van der Waals surface area contributed by atoms with Gasteiger partial charge in [0.05, 0.1) is 11.1 Å². The van der Waals surface area contributed by atoms with Gasteiger partial charge in [-0.3, -0.25) is 4.79 Å². The minimum atomic E-state index is -0.459. The number of amides is 1. The summed E-state index contributed by atoms with van der Waals surface area (Å²) < 4.78 is 13.1. The Morgan fingerprint density at radius 3 is 3.05 bits per heavy atom. The van der Waals surface area contributed by atoms with Gasteiger partial charge in [0.25, 0.3) is 0 Å². The van der Waals surface area contributed by atoms with Crippen molar-refractivity contribution in [3.05, 3.63) is 62.6 Å². The fourth-order valence-electron chi connectivity index (χ4n) is 2.69. The molecule has 0 saturated carbocycles. The zero-order valence-electron chi connectivity index (χ0n) is 12.1. The third-order valence-electron chi connectivity index (χ3n) is 3.92. The van der Waals surface area contributed by atoms with E-state index in [9.17, 15) is 9.18 Å². The quantitative estimate of drug-likeness (QED) is 0.728. The number of carbonyl (C=O) groups is 1. The van der Waals surface area contributed by atoms with Gasteiger partial charge in [-0.25, -0.2) is 4.39 Å². The third kappa shape index (κ3) is 2.94. The molecule has 2 aromatic rings. The van der Waals surface area contributed by atoms with Crippen molar-refractivity contribution in [1.29, 1.82) is 0 Å². The molecule has 22 heavy (non-hydrogen) atoms. The Labute approximate surface area is 137 Å². The molecule has 2 nitrogen and oxygen atoms in total. The molecule has 0 radical (unpaired) electrons. The number of hydrogen-bond donors (Lipinski definition) is 0. The summed E-state index contributed by atoms with van der Waals surface area (Å²) in [4.78, 5) is 15.6. The molecule has 1 amide bonds. The summed E-state index contributed by atoms with van der Waals surface area (Å²) in [5.41, 5.74) is 1.95.